The van der Waals surface area contributed by atoms with Crippen molar-refractivity contribution in [1.82, 2.24) is 9.62 Å². The van der Waals surface area contributed by atoms with Gasteiger partial charge in [0, 0.05) is 12.6 Å². The average molecular weight is 485 g/mol. The van der Waals surface area contributed by atoms with Gasteiger partial charge >= 0.3 is 0 Å². The summed E-state index contributed by atoms with van der Waals surface area (Å²) in [6.07, 6.45) is 1.75. The van der Waals surface area contributed by atoms with Crippen LogP contribution >= 0.6 is 23.2 Å². The molecule has 0 aliphatic carbocycles. The molecule has 2 aromatic carbocycles. The first-order valence-corrected chi connectivity index (χ1v) is 12.5. The van der Waals surface area contributed by atoms with Gasteiger partial charge in [0.25, 0.3) is 0 Å². The maximum Gasteiger partial charge on any atom is 0.244 e. The van der Waals surface area contributed by atoms with Gasteiger partial charge in [0.15, 0.2) is 0 Å². The largest absolute Gasteiger partial charge is 0.353 e. The predicted octanol–water partition coefficient (Wildman–Crippen LogP) is 5.41. The molecular weight excluding hydrogens is 455 g/mol. The number of benzene rings is 2. The van der Waals surface area contributed by atoms with E-state index in [0.29, 0.717) is 26.7 Å². The minimum absolute atomic E-state index is 0.00155. The number of aryl methyl sites for hydroxylation is 3. The highest BCUT2D eigenvalue weighted by Crippen LogP contribution is 2.28. The fraction of sp³-hybridized carbons (Fsp3) is 0.435. The Kier molecular flexibility index (Phi) is 8.95. The van der Waals surface area contributed by atoms with E-state index in [1.54, 1.807) is 32.0 Å². The van der Waals surface area contributed by atoms with Gasteiger partial charge in [0.2, 0.25) is 15.9 Å². The van der Waals surface area contributed by atoms with Crippen molar-refractivity contribution in [3.63, 3.8) is 0 Å². The van der Waals surface area contributed by atoms with E-state index in [4.69, 9.17) is 23.2 Å². The molecule has 1 N–H and O–H groups in total. The fourth-order valence-corrected chi connectivity index (χ4v) is 5.87. The van der Waals surface area contributed by atoms with Crippen LogP contribution in [-0.4, -0.2) is 31.2 Å². The van der Waals surface area contributed by atoms with Crippen LogP contribution in [0.3, 0.4) is 0 Å². The van der Waals surface area contributed by atoms with Crippen molar-refractivity contribution in [2.24, 2.45) is 0 Å². The summed E-state index contributed by atoms with van der Waals surface area (Å²) in [7, 11) is -3.95. The van der Waals surface area contributed by atoms with Crippen LogP contribution in [-0.2, 0) is 21.4 Å². The molecule has 2 aromatic rings. The summed E-state index contributed by atoms with van der Waals surface area (Å²) in [6.45, 7) is 9.12. The molecule has 0 aliphatic rings. The number of hydrogen-bond acceptors (Lipinski definition) is 3. The Bertz CT molecular complexity index is 1030. The topological polar surface area (TPSA) is 66.5 Å². The average Bonchev–Trinajstić information content (AvgIpc) is 2.63. The lowest BCUT2D eigenvalue weighted by Gasteiger charge is -2.25. The highest BCUT2D eigenvalue weighted by atomic mass is 35.5. The Morgan fingerprint density at radius 3 is 2.23 bits per heavy atom. The van der Waals surface area contributed by atoms with E-state index in [1.165, 1.54) is 4.31 Å². The summed E-state index contributed by atoms with van der Waals surface area (Å²) in [6, 6.07) is 8.59. The van der Waals surface area contributed by atoms with Crippen LogP contribution in [0.5, 0.6) is 0 Å². The second-order valence-corrected chi connectivity index (χ2v) is 10.7. The van der Waals surface area contributed by atoms with Crippen LogP contribution in [0, 0.1) is 20.8 Å². The van der Waals surface area contributed by atoms with Gasteiger partial charge in [0.05, 0.1) is 21.5 Å². The SMILES string of the molecule is CCC[C@@H](C)NC(=O)CN(Cc1ccc(Cl)c(Cl)c1)S(=O)(=O)c1c(C)cc(C)cc1C. The van der Waals surface area contributed by atoms with Crippen LogP contribution in [0.1, 0.15) is 48.9 Å². The van der Waals surface area contributed by atoms with Crippen molar-refractivity contribution in [3.05, 3.63) is 62.6 Å². The van der Waals surface area contributed by atoms with Gasteiger partial charge in [-0.3, -0.25) is 4.79 Å². The number of hydrogen-bond donors (Lipinski definition) is 1. The molecule has 0 radical (unpaired) electrons. The van der Waals surface area contributed by atoms with Gasteiger partial charge in [-0.2, -0.15) is 4.31 Å². The number of amides is 1. The minimum atomic E-state index is -3.95. The van der Waals surface area contributed by atoms with E-state index >= 15 is 0 Å². The summed E-state index contributed by atoms with van der Waals surface area (Å²) in [5.74, 6) is -0.341. The van der Waals surface area contributed by atoms with Crippen molar-refractivity contribution in [2.75, 3.05) is 6.54 Å². The minimum Gasteiger partial charge on any atom is -0.353 e. The third-order valence-corrected chi connectivity index (χ3v) is 7.83. The van der Waals surface area contributed by atoms with E-state index in [1.807, 2.05) is 32.9 Å². The molecule has 0 saturated carbocycles. The van der Waals surface area contributed by atoms with Crippen LogP contribution < -0.4 is 5.32 Å². The van der Waals surface area contributed by atoms with Crippen molar-refractivity contribution in [2.45, 2.75) is 64.9 Å². The molecule has 0 heterocycles. The van der Waals surface area contributed by atoms with E-state index < -0.39 is 10.0 Å². The van der Waals surface area contributed by atoms with Gasteiger partial charge in [-0.1, -0.05) is 60.3 Å². The van der Waals surface area contributed by atoms with Crippen LogP contribution in [0.2, 0.25) is 10.0 Å². The zero-order valence-electron chi connectivity index (χ0n) is 18.6. The summed E-state index contributed by atoms with van der Waals surface area (Å²) in [4.78, 5) is 12.9. The number of halogens is 2. The molecule has 0 bridgehead atoms. The lowest BCUT2D eigenvalue weighted by Crippen LogP contribution is -2.43. The highest BCUT2D eigenvalue weighted by Gasteiger charge is 2.30. The summed E-state index contributed by atoms with van der Waals surface area (Å²) < 4.78 is 28.6. The van der Waals surface area contributed by atoms with Gasteiger partial charge in [-0.05, 0) is 62.9 Å². The van der Waals surface area contributed by atoms with Gasteiger partial charge < -0.3 is 5.32 Å². The number of nitrogens with one attached hydrogen (secondary N) is 1. The first-order valence-electron chi connectivity index (χ1n) is 10.3. The quantitative estimate of drug-likeness (QED) is 0.516. The second-order valence-electron chi connectivity index (χ2n) is 8.01. The zero-order chi connectivity index (χ0) is 23.3. The molecule has 5 nitrogen and oxygen atoms in total. The Balaban J connectivity index is 2.45. The molecule has 8 heteroatoms. The molecule has 0 saturated heterocycles. The molecule has 0 aliphatic heterocycles. The molecule has 31 heavy (non-hydrogen) atoms. The molecule has 170 valence electrons. The third-order valence-electron chi connectivity index (χ3n) is 4.99. The molecule has 1 amide bonds. The number of carbonyl (C=O) groups excluding carboxylic acids is 1. The van der Waals surface area contributed by atoms with Crippen molar-refractivity contribution in [1.29, 1.82) is 0 Å². The lowest BCUT2D eigenvalue weighted by atomic mass is 10.1. The monoisotopic (exact) mass is 484 g/mol. The first kappa shape index (κ1) is 25.7. The summed E-state index contributed by atoms with van der Waals surface area (Å²) in [5.41, 5.74) is 2.93. The molecule has 0 spiro atoms. The molecule has 2 rings (SSSR count). The smallest absolute Gasteiger partial charge is 0.244 e. The molecule has 1 atom stereocenters. The maximum atomic E-state index is 13.7. The van der Waals surface area contributed by atoms with Crippen molar-refractivity contribution >= 4 is 39.1 Å². The fourth-order valence-electron chi connectivity index (χ4n) is 3.76. The predicted molar refractivity (Wildman–Crippen MR) is 127 cm³/mol. The van der Waals surface area contributed by atoms with Gasteiger partial charge in [0.1, 0.15) is 0 Å². The van der Waals surface area contributed by atoms with E-state index in [-0.39, 0.29) is 29.9 Å². The Hall–Kier alpha value is -1.60. The van der Waals surface area contributed by atoms with E-state index in [2.05, 4.69) is 5.32 Å². The second kappa shape index (κ2) is 10.8. The molecule has 0 fully saturated rings. The van der Waals surface area contributed by atoms with E-state index in [9.17, 15) is 13.2 Å². The Morgan fingerprint density at radius 2 is 1.68 bits per heavy atom. The normalized spacial score (nSPS) is 12.8. The zero-order valence-corrected chi connectivity index (χ0v) is 21.0. The lowest BCUT2D eigenvalue weighted by molar-refractivity contribution is -0.122. The third kappa shape index (κ3) is 6.69. The standard InChI is InChI=1S/C23H30Cl2N2O3S/c1-6-7-18(5)26-22(28)14-27(13-19-8-9-20(24)21(25)12-19)31(29,30)23-16(3)10-15(2)11-17(23)4/h8-12,18H,6-7,13-14H2,1-5H3,(H,26,28)/t18-/m1/s1. The van der Waals surface area contributed by atoms with Gasteiger partial charge in [-0.25, -0.2) is 8.42 Å². The number of nitrogens with zero attached hydrogens (tertiary/aromatic N) is 1. The van der Waals surface area contributed by atoms with Crippen molar-refractivity contribution in [3.8, 4) is 0 Å². The van der Waals surface area contributed by atoms with E-state index in [0.717, 1.165) is 18.4 Å². The number of rotatable bonds is 9. The first-order chi connectivity index (χ1) is 14.4. The van der Waals surface area contributed by atoms with Crippen LogP contribution in [0.4, 0.5) is 0 Å². The number of sulfonamides is 1. The maximum absolute atomic E-state index is 13.7. The van der Waals surface area contributed by atoms with Gasteiger partial charge in [-0.15, -0.1) is 0 Å². The van der Waals surface area contributed by atoms with Crippen molar-refractivity contribution < 1.29 is 13.2 Å². The number of carbonyl (C=O) groups is 1. The van der Waals surface area contributed by atoms with Crippen LogP contribution in [0.25, 0.3) is 0 Å². The molecular formula is C23H30Cl2N2O3S. The Morgan fingerprint density at radius 1 is 1.06 bits per heavy atom. The Labute approximate surface area is 195 Å². The molecule has 0 aromatic heterocycles. The molecule has 0 unspecified atom stereocenters. The summed E-state index contributed by atoms with van der Waals surface area (Å²) in [5, 5.41) is 3.61. The van der Waals surface area contributed by atoms with Crippen LogP contribution in [0.15, 0.2) is 35.2 Å². The highest BCUT2D eigenvalue weighted by molar-refractivity contribution is 7.89. The summed E-state index contributed by atoms with van der Waals surface area (Å²) >= 11 is 12.1.